The van der Waals surface area contributed by atoms with Crippen molar-refractivity contribution < 1.29 is 5.11 Å². The zero-order valence-electron chi connectivity index (χ0n) is 11.9. The Morgan fingerprint density at radius 1 is 1.27 bits per heavy atom. The van der Waals surface area contributed by atoms with Crippen molar-refractivity contribution in [3.05, 3.63) is 69.1 Å². The van der Waals surface area contributed by atoms with Crippen molar-refractivity contribution in [3.63, 3.8) is 0 Å². The van der Waals surface area contributed by atoms with Crippen LogP contribution in [-0.2, 0) is 6.61 Å². The summed E-state index contributed by atoms with van der Waals surface area (Å²) in [6.45, 7) is 1.49. The summed E-state index contributed by atoms with van der Waals surface area (Å²) in [6.07, 6.45) is 1.64. The summed E-state index contributed by atoms with van der Waals surface area (Å²) >= 11 is 5.86. The number of rotatable bonds is 3. The topological polar surface area (TPSA) is 66.6 Å². The zero-order valence-corrected chi connectivity index (χ0v) is 12.6. The van der Waals surface area contributed by atoms with Gasteiger partial charge in [0.05, 0.1) is 12.2 Å². The molecular formula is C16H14ClN3O2. The van der Waals surface area contributed by atoms with Gasteiger partial charge in [0.25, 0.3) is 5.56 Å². The number of benzene rings is 1. The van der Waals surface area contributed by atoms with Crippen LogP contribution in [0.4, 0.5) is 11.5 Å². The lowest BCUT2D eigenvalue weighted by Gasteiger charge is -2.12. The van der Waals surface area contributed by atoms with E-state index in [1.54, 1.807) is 36.5 Å². The second kappa shape index (κ2) is 5.79. The highest BCUT2D eigenvalue weighted by Gasteiger charge is 2.13. The largest absolute Gasteiger partial charge is 0.391 e. The van der Waals surface area contributed by atoms with Gasteiger partial charge >= 0.3 is 0 Å². The molecule has 0 atom stereocenters. The van der Waals surface area contributed by atoms with Gasteiger partial charge in [-0.25, -0.2) is 4.98 Å². The fraction of sp³-hybridized carbons (Fsp3) is 0.125. The van der Waals surface area contributed by atoms with E-state index in [9.17, 15) is 9.90 Å². The number of aliphatic hydroxyl groups is 1. The van der Waals surface area contributed by atoms with Crippen molar-refractivity contribution in [1.82, 2.24) is 9.38 Å². The lowest BCUT2D eigenvalue weighted by atomic mass is 10.2. The first kappa shape index (κ1) is 14.6. The molecule has 0 radical (unpaired) electrons. The smallest absolute Gasteiger partial charge is 0.265 e. The molecule has 0 fully saturated rings. The second-order valence-corrected chi connectivity index (χ2v) is 5.36. The molecule has 1 aromatic carbocycles. The summed E-state index contributed by atoms with van der Waals surface area (Å²) in [6, 6.07) is 10.7. The summed E-state index contributed by atoms with van der Waals surface area (Å²) in [5.74, 6) is 0.351. The van der Waals surface area contributed by atoms with Crippen molar-refractivity contribution in [2.75, 3.05) is 5.32 Å². The number of fused-ring (bicyclic) bond motifs is 1. The number of nitrogens with zero attached hydrogens (tertiary/aromatic N) is 2. The number of aliphatic hydroxyl groups excluding tert-OH is 1. The van der Waals surface area contributed by atoms with Crippen LogP contribution in [0.2, 0.25) is 5.02 Å². The first-order valence-corrected chi connectivity index (χ1v) is 7.12. The molecule has 2 N–H and O–H groups in total. The van der Waals surface area contributed by atoms with Gasteiger partial charge in [0.1, 0.15) is 11.5 Å². The van der Waals surface area contributed by atoms with E-state index >= 15 is 0 Å². The van der Waals surface area contributed by atoms with Gasteiger partial charge in [-0.05, 0) is 42.8 Å². The van der Waals surface area contributed by atoms with Crippen LogP contribution in [0, 0.1) is 6.92 Å². The number of aryl methyl sites for hydroxylation is 1. The minimum absolute atomic E-state index is 0.220. The third-order valence-corrected chi connectivity index (χ3v) is 3.66. The summed E-state index contributed by atoms with van der Waals surface area (Å²) in [7, 11) is 0. The number of aromatic nitrogens is 2. The maximum Gasteiger partial charge on any atom is 0.265 e. The first-order valence-electron chi connectivity index (χ1n) is 6.74. The highest BCUT2D eigenvalue weighted by Crippen LogP contribution is 2.20. The molecule has 0 amide bonds. The number of hydrogen-bond acceptors (Lipinski definition) is 4. The fourth-order valence-corrected chi connectivity index (χ4v) is 2.38. The summed E-state index contributed by atoms with van der Waals surface area (Å²) in [5.41, 5.74) is 2.11. The monoisotopic (exact) mass is 315 g/mol. The number of hydrogen-bond donors (Lipinski definition) is 2. The molecule has 0 bridgehead atoms. The van der Waals surface area contributed by atoms with Gasteiger partial charge in [-0.1, -0.05) is 17.7 Å². The third kappa shape index (κ3) is 2.56. The minimum atomic E-state index is -0.390. The fourth-order valence-electron chi connectivity index (χ4n) is 2.25. The molecule has 0 saturated heterocycles. The molecule has 2 heterocycles. The van der Waals surface area contributed by atoms with Crippen molar-refractivity contribution >= 4 is 28.8 Å². The summed E-state index contributed by atoms with van der Waals surface area (Å²) in [4.78, 5) is 17.0. The highest BCUT2D eigenvalue weighted by atomic mass is 35.5. The summed E-state index contributed by atoms with van der Waals surface area (Å²) < 4.78 is 1.44. The van der Waals surface area contributed by atoms with Crippen LogP contribution in [0.5, 0.6) is 0 Å². The van der Waals surface area contributed by atoms with Crippen LogP contribution in [-0.4, -0.2) is 14.5 Å². The van der Waals surface area contributed by atoms with Gasteiger partial charge in [-0.3, -0.25) is 9.20 Å². The number of halogens is 1. The van der Waals surface area contributed by atoms with Gasteiger partial charge < -0.3 is 10.4 Å². The van der Waals surface area contributed by atoms with E-state index in [2.05, 4.69) is 10.3 Å². The molecular weight excluding hydrogens is 302 g/mol. The molecule has 112 valence electrons. The van der Waals surface area contributed by atoms with E-state index in [-0.39, 0.29) is 11.1 Å². The average Bonchev–Trinajstić information content (AvgIpc) is 2.51. The Morgan fingerprint density at radius 2 is 2.00 bits per heavy atom. The van der Waals surface area contributed by atoms with Gasteiger partial charge in [-0.2, -0.15) is 0 Å². The van der Waals surface area contributed by atoms with Gasteiger partial charge in [0, 0.05) is 16.9 Å². The zero-order chi connectivity index (χ0) is 15.7. The Balaban J connectivity index is 2.17. The van der Waals surface area contributed by atoms with E-state index in [4.69, 9.17) is 11.6 Å². The standard InChI is InChI=1S/C16H14ClN3O2/c1-10-3-2-8-20-15(10)19-14(13(9-21)16(20)22)18-12-6-4-11(17)5-7-12/h2-8,18,21H,9H2,1H3. The molecule has 2 aromatic heterocycles. The Hall–Kier alpha value is -2.37. The Morgan fingerprint density at radius 3 is 2.68 bits per heavy atom. The van der Waals surface area contributed by atoms with Crippen molar-refractivity contribution in [2.24, 2.45) is 0 Å². The molecule has 0 unspecified atom stereocenters. The Kier molecular flexibility index (Phi) is 3.83. The van der Waals surface area contributed by atoms with Gasteiger partial charge in [0.2, 0.25) is 0 Å². The molecule has 0 aliphatic heterocycles. The van der Waals surface area contributed by atoms with Crippen LogP contribution in [0.25, 0.3) is 5.65 Å². The first-order chi connectivity index (χ1) is 10.6. The predicted octanol–water partition coefficient (Wildman–Crippen LogP) is 2.89. The second-order valence-electron chi connectivity index (χ2n) is 4.92. The molecule has 0 saturated carbocycles. The number of anilines is 2. The molecule has 3 aromatic rings. The van der Waals surface area contributed by atoms with Crippen molar-refractivity contribution in [3.8, 4) is 0 Å². The molecule has 6 heteroatoms. The third-order valence-electron chi connectivity index (χ3n) is 3.41. The highest BCUT2D eigenvalue weighted by molar-refractivity contribution is 6.30. The van der Waals surface area contributed by atoms with Crippen molar-refractivity contribution in [1.29, 1.82) is 0 Å². The van der Waals surface area contributed by atoms with Crippen LogP contribution in [0.15, 0.2) is 47.4 Å². The molecule has 0 spiro atoms. The van der Waals surface area contributed by atoms with E-state index < -0.39 is 6.61 Å². The lowest BCUT2D eigenvalue weighted by molar-refractivity contribution is 0.280. The van der Waals surface area contributed by atoms with Crippen LogP contribution in [0.1, 0.15) is 11.1 Å². The number of pyridine rings is 1. The molecule has 3 rings (SSSR count). The summed E-state index contributed by atoms with van der Waals surface area (Å²) in [5, 5.41) is 13.2. The van der Waals surface area contributed by atoms with Crippen LogP contribution < -0.4 is 10.9 Å². The molecule has 0 aliphatic carbocycles. The molecule has 22 heavy (non-hydrogen) atoms. The average molecular weight is 316 g/mol. The quantitative estimate of drug-likeness (QED) is 0.780. The van der Waals surface area contributed by atoms with Crippen LogP contribution in [0.3, 0.4) is 0 Å². The lowest BCUT2D eigenvalue weighted by Crippen LogP contribution is -2.22. The molecule has 0 aliphatic rings. The van der Waals surface area contributed by atoms with Gasteiger partial charge in [-0.15, -0.1) is 0 Å². The molecule has 5 nitrogen and oxygen atoms in total. The minimum Gasteiger partial charge on any atom is -0.391 e. The maximum absolute atomic E-state index is 12.5. The van der Waals surface area contributed by atoms with Crippen molar-refractivity contribution in [2.45, 2.75) is 13.5 Å². The maximum atomic E-state index is 12.5. The predicted molar refractivity (Wildman–Crippen MR) is 86.9 cm³/mol. The Labute approximate surface area is 131 Å². The van der Waals surface area contributed by atoms with E-state index in [0.717, 1.165) is 11.3 Å². The van der Waals surface area contributed by atoms with Gasteiger partial charge in [0.15, 0.2) is 0 Å². The van der Waals surface area contributed by atoms with Crippen LogP contribution >= 0.6 is 11.6 Å². The number of nitrogens with one attached hydrogen (secondary N) is 1. The Bertz CT molecular complexity index is 888. The van der Waals surface area contributed by atoms with E-state index in [1.807, 2.05) is 13.0 Å². The normalized spacial score (nSPS) is 10.9. The van der Waals surface area contributed by atoms with E-state index in [1.165, 1.54) is 4.40 Å². The van der Waals surface area contributed by atoms with E-state index in [0.29, 0.717) is 16.5 Å². The SMILES string of the molecule is Cc1cccn2c(=O)c(CO)c(Nc3ccc(Cl)cc3)nc12.